The van der Waals surface area contributed by atoms with E-state index in [1.807, 2.05) is 42.5 Å². The van der Waals surface area contributed by atoms with Crippen molar-refractivity contribution in [1.29, 1.82) is 0 Å². The number of benzene rings is 2. The second kappa shape index (κ2) is 6.05. The van der Waals surface area contributed by atoms with Crippen LogP contribution in [0.3, 0.4) is 0 Å². The molecule has 3 heteroatoms. The number of hydrogen-bond donors (Lipinski definition) is 0. The van der Waals surface area contributed by atoms with Crippen molar-refractivity contribution in [3.8, 4) is 11.5 Å². The summed E-state index contributed by atoms with van der Waals surface area (Å²) in [5.41, 5.74) is 2.75. The number of aldehydes is 1. The molecular formula is C16H16O3. The molecule has 0 fully saturated rings. The molecule has 0 saturated heterocycles. The van der Waals surface area contributed by atoms with E-state index in [2.05, 4.69) is 0 Å². The smallest absolute Gasteiger partial charge is 0.150 e. The van der Waals surface area contributed by atoms with Crippen LogP contribution < -0.4 is 9.47 Å². The van der Waals surface area contributed by atoms with E-state index in [0.29, 0.717) is 12.0 Å². The largest absolute Gasteiger partial charge is 0.497 e. The molecule has 3 nitrogen and oxygen atoms in total. The lowest BCUT2D eigenvalue weighted by Crippen LogP contribution is -1.96. The average Bonchev–Trinajstić information content (AvgIpc) is 2.47. The van der Waals surface area contributed by atoms with Gasteiger partial charge in [-0.1, -0.05) is 24.3 Å². The standard InChI is InChI=1S/C16H16O3/c1-18-15-8-12(9-16(10-15)19-2)7-13-5-3-4-6-14(13)11-17/h3-6,8-11H,7H2,1-2H3. The second-order valence-corrected chi connectivity index (χ2v) is 4.21. The number of rotatable bonds is 5. The first-order valence-corrected chi connectivity index (χ1v) is 6.02. The maximum absolute atomic E-state index is 11.0. The van der Waals surface area contributed by atoms with Crippen LogP contribution in [-0.2, 0) is 6.42 Å². The van der Waals surface area contributed by atoms with E-state index in [1.54, 1.807) is 14.2 Å². The Morgan fingerprint density at radius 1 is 1.00 bits per heavy atom. The molecule has 0 spiro atoms. The minimum atomic E-state index is 0.669. The number of methoxy groups -OCH3 is 2. The molecule has 0 aromatic heterocycles. The minimum absolute atomic E-state index is 0.669. The van der Waals surface area contributed by atoms with Gasteiger partial charge in [0.1, 0.15) is 17.8 Å². The predicted octanol–water partition coefficient (Wildman–Crippen LogP) is 3.11. The second-order valence-electron chi connectivity index (χ2n) is 4.21. The van der Waals surface area contributed by atoms with Crippen molar-refractivity contribution in [2.24, 2.45) is 0 Å². The van der Waals surface area contributed by atoms with Gasteiger partial charge in [0.05, 0.1) is 14.2 Å². The lowest BCUT2D eigenvalue weighted by atomic mass is 10.00. The van der Waals surface area contributed by atoms with Crippen LogP contribution in [0.25, 0.3) is 0 Å². The zero-order valence-corrected chi connectivity index (χ0v) is 11.1. The number of carbonyl (C=O) groups is 1. The van der Waals surface area contributed by atoms with Crippen molar-refractivity contribution in [1.82, 2.24) is 0 Å². The third-order valence-electron chi connectivity index (χ3n) is 2.99. The molecule has 0 aliphatic heterocycles. The van der Waals surface area contributed by atoms with E-state index in [0.717, 1.165) is 28.9 Å². The zero-order valence-electron chi connectivity index (χ0n) is 11.1. The molecule has 0 radical (unpaired) electrons. The van der Waals surface area contributed by atoms with Crippen molar-refractivity contribution >= 4 is 6.29 Å². The molecule has 0 aliphatic rings. The highest BCUT2D eigenvalue weighted by Crippen LogP contribution is 2.24. The van der Waals surface area contributed by atoms with Gasteiger partial charge in [0, 0.05) is 11.6 Å². The van der Waals surface area contributed by atoms with Crippen LogP contribution in [0, 0.1) is 0 Å². The monoisotopic (exact) mass is 256 g/mol. The van der Waals surface area contributed by atoms with Gasteiger partial charge in [-0.15, -0.1) is 0 Å². The van der Waals surface area contributed by atoms with E-state index < -0.39 is 0 Å². The lowest BCUT2D eigenvalue weighted by Gasteiger charge is -2.09. The molecule has 0 N–H and O–H groups in total. The van der Waals surface area contributed by atoms with Crippen LogP contribution in [0.4, 0.5) is 0 Å². The molecule has 0 atom stereocenters. The Hall–Kier alpha value is -2.29. The maximum Gasteiger partial charge on any atom is 0.150 e. The van der Waals surface area contributed by atoms with E-state index in [9.17, 15) is 4.79 Å². The molecular weight excluding hydrogens is 240 g/mol. The van der Waals surface area contributed by atoms with Crippen LogP contribution in [0.5, 0.6) is 11.5 Å². The third-order valence-corrected chi connectivity index (χ3v) is 2.99. The summed E-state index contributed by atoms with van der Waals surface area (Å²) in [6, 6.07) is 13.3. The molecule has 0 bridgehead atoms. The minimum Gasteiger partial charge on any atom is -0.497 e. The summed E-state index contributed by atoms with van der Waals surface area (Å²) in [6.07, 6.45) is 1.55. The van der Waals surface area contributed by atoms with Crippen molar-refractivity contribution in [2.45, 2.75) is 6.42 Å². The third kappa shape index (κ3) is 3.13. The molecule has 0 aliphatic carbocycles. The highest BCUT2D eigenvalue weighted by atomic mass is 16.5. The Bertz CT molecular complexity index is 554. The van der Waals surface area contributed by atoms with Crippen LogP contribution in [-0.4, -0.2) is 20.5 Å². The number of ether oxygens (including phenoxy) is 2. The highest BCUT2D eigenvalue weighted by molar-refractivity contribution is 5.77. The van der Waals surface area contributed by atoms with Crippen LogP contribution in [0.15, 0.2) is 42.5 Å². The first kappa shape index (κ1) is 13.1. The first-order chi connectivity index (χ1) is 9.26. The van der Waals surface area contributed by atoms with Gasteiger partial charge in [0.25, 0.3) is 0 Å². The van der Waals surface area contributed by atoms with Gasteiger partial charge in [0.15, 0.2) is 0 Å². The Kier molecular flexibility index (Phi) is 4.18. The highest BCUT2D eigenvalue weighted by Gasteiger charge is 2.06. The van der Waals surface area contributed by atoms with E-state index >= 15 is 0 Å². The van der Waals surface area contributed by atoms with Gasteiger partial charge < -0.3 is 9.47 Å². The van der Waals surface area contributed by atoms with E-state index in [-0.39, 0.29) is 0 Å². The van der Waals surface area contributed by atoms with Gasteiger partial charge in [-0.2, -0.15) is 0 Å². The maximum atomic E-state index is 11.0. The quantitative estimate of drug-likeness (QED) is 0.771. The topological polar surface area (TPSA) is 35.5 Å². The average molecular weight is 256 g/mol. The number of carbonyl (C=O) groups excluding carboxylic acids is 1. The van der Waals surface area contributed by atoms with Crippen molar-refractivity contribution in [2.75, 3.05) is 14.2 Å². The molecule has 0 amide bonds. The molecule has 0 heterocycles. The Balaban J connectivity index is 2.34. The molecule has 2 aromatic rings. The van der Waals surface area contributed by atoms with Gasteiger partial charge >= 0.3 is 0 Å². The van der Waals surface area contributed by atoms with Gasteiger partial charge in [0.2, 0.25) is 0 Å². The Morgan fingerprint density at radius 3 is 2.21 bits per heavy atom. The Labute approximate surface area is 112 Å². The van der Waals surface area contributed by atoms with Crippen LogP contribution in [0.1, 0.15) is 21.5 Å². The van der Waals surface area contributed by atoms with Crippen molar-refractivity contribution < 1.29 is 14.3 Å². The zero-order chi connectivity index (χ0) is 13.7. The van der Waals surface area contributed by atoms with Crippen LogP contribution >= 0.6 is 0 Å². The summed E-state index contributed by atoms with van der Waals surface area (Å²) >= 11 is 0. The van der Waals surface area contributed by atoms with Crippen LogP contribution in [0.2, 0.25) is 0 Å². The summed E-state index contributed by atoms with van der Waals surface area (Å²) in [6.45, 7) is 0. The summed E-state index contributed by atoms with van der Waals surface area (Å²) in [7, 11) is 3.25. The van der Waals surface area contributed by atoms with E-state index in [4.69, 9.17) is 9.47 Å². The van der Waals surface area contributed by atoms with Gasteiger partial charge in [-0.25, -0.2) is 0 Å². The lowest BCUT2D eigenvalue weighted by molar-refractivity contribution is 0.112. The van der Waals surface area contributed by atoms with Crippen molar-refractivity contribution in [3.63, 3.8) is 0 Å². The van der Waals surface area contributed by atoms with Gasteiger partial charge in [-0.3, -0.25) is 4.79 Å². The molecule has 2 rings (SSSR count). The van der Waals surface area contributed by atoms with E-state index in [1.165, 1.54) is 0 Å². The van der Waals surface area contributed by atoms with Crippen molar-refractivity contribution in [3.05, 3.63) is 59.2 Å². The Morgan fingerprint density at radius 2 is 1.63 bits per heavy atom. The fourth-order valence-corrected chi connectivity index (χ4v) is 2.00. The summed E-state index contributed by atoms with van der Waals surface area (Å²) in [5, 5.41) is 0. The molecule has 2 aromatic carbocycles. The summed E-state index contributed by atoms with van der Waals surface area (Å²) in [5.74, 6) is 1.50. The molecule has 19 heavy (non-hydrogen) atoms. The first-order valence-electron chi connectivity index (χ1n) is 6.02. The normalized spacial score (nSPS) is 10.0. The molecule has 0 saturated carbocycles. The SMILES string of the molecule is COc1cc(Cc2ccccc2C=O)cc(OC)c1. The fourth-order valence-electron chi connectivity index (χ4n) is 2.00. The summed E-state index contributed by atoms with van der Waals surface area (Å²) in [4.78, 5) is 11.0. The van der Waals surface area contributed by atoms with Gasteiger partial charge in [-0.05, 0) is 29.7 Å². The molecule has 98 valence electrons. The fraction of sp³-hybridized carbons (Fsp3) is 0.188. The summed E-state index contributed by atoms with van der Waals surface area (Å²) < 4.78 is 10.5. The molecule has 0 unspecified atom stereocenters. The predicted molar refractivity (Wildman–Crippen MR) is 74.2 cm³/mol. The number of hydrogen-bond acceptors (Lipinski definition) is 3.